The zero-order valence-electron chi connectivity index (χ0n) is 13.0. The van der Waals surface area contributed by atoms with Crippen LogP contribution in [0.4, 0.5) is 4.39 Å². The molecule has 124 valence electrons. The highest BCUT2D eigenvalue weighted by Crippen LogP contribution is 2.26. The van der Waals surface area contributed by atoms with Crippen molar-refractivity contribution in [2.45, 2.75) is 12.6 Å². The van der Waals surface area contributed by atoms with Crippen molar-refractivity contribution >= 4 is 11.1 Å². The molecule has 1 saturated heterocycles. The van der Waals surface area contributed by atoms with Crippen molar-refractivity contribution in [3.05, 3.63) is 70.0 Å². The third kappa shape index (κ3) is 2.86. The first-order valence-electron chi connectivity index (χ1n) is 7.90. The standard InChI is InChI=1S/C18H17FN2O3/c19-14-6-2-1-5-13(14)16-11-21(8-9-23-16)10-12-4-3-7-15-17(12)24-18(22)20-15/h1-7,16H,8-11H2,(H,20,22). The monoisotopic (exact) mass is 328 g/mol. The summed E-state index contributed by atoms with van der Waals surface area (Å²) in [7, 11) is 0. The van der Waals surface area contributed by atoms with Gasteiger partial charge in [-0.2, -0.15) is 0 Å². The number of halogens is 1. The van der Waals surface area contributed by atoms with Gasteiger partial charge in [0, 0.05) is 30.8 Å². The number of fused-ring (bicyclic) bond motifs is 1. The number of morpholine rings is 1. The number of aromatic nitrogens is 1. The average molecular weight is 328 g/mol. The van der Waals surface area contributed by atoms with Gasteiger partial charge in [-0.1, -0.05) is 30.3 Å². The molecule has 2 heterocycles. The summed E-state index contributed by atoms with van der Waals surface area (Å²) < 4.78 is 25.0. The highest BCUT2D eigenvalue weighted by Gasteiger charge is 2.24. The lowest BCUT2D eigenvalue weighted by Crippen LogP contribution is -2.38. The number of H-pyrrole nitrogens is 1. The van der Waals surface area contributed by atoms with Gasteiger partial charge in [0.15, 0.2) is 5.58 Å². The van der Waals surface area contributed by atoms with Gasteiger partial charge in [0.25, 0.3) is 0 Å². The van der Waals surface area contributed by atoms with Crippen molar-refractivity contribution in [1.82, 2.24) is 9.88 Å². The maximum Gasteiger partial charge on any atom is 0.417 e. The van der Waals surface area contributed by atoms with Gasteiger partial charge in [0.2, 0.25) is 0 Å². The van der Waals surface area contributed by atoms with Gasteiger partial charge in [-0.3, -0.25) is 9.88 Å². The van der Waals surface area contributed by atoms with Gasteiger partial charge in [0.1, 0.15) is 5.82 Å². The van der Waals surface area contributed by atoms with E-state index in [-0.39, 0.29) is 11.9 Å². The van der Waals surface area contributed by atoms with Crippen molar-refractivity contribution in [2.24, 2.45) is 0 Å². The Hall–Kier alpha value is -2.44. The molecule has 0 aliphatic carbocycles. The molecule has 1 aromatic heterocycles. The molecular formula is C18H17FN2O3. The van der Waals surface area contributed by atoms with E-state index in [0.717, 1.165) is 12.1 Å². The van der Waals surface area contributed by atoms with E-state index in [4.69, 9.17) is 9.15 Å². The SMILES string of the molecule is O=c1[nH]c2cccc(CN3CCOC(c4ccccc4F)C3)c2o1. The van der Waals surface area contributed by atoms with E-state index >= 15 is 0 Å². The Bertz CT molecular complexity index is 918. The third-order valence-electron chi connectivity index (χ3n) is 4.32. The zero-order valence-corrected chi connectivity index (χ0v) is 13.0. The minimum absolute atomic E-state index is 0.247. The quantitative estimate of drug-likeness (QED) is 0.803. The highest BCUT2D eigenvalue weighted by atomic mass is 19.1. The van der Waals surface area contributed by atoms with Gasteiger partial charge in [-0.15, -0.1) is 0 Å². The van der Waals surface area contributed by atoms with Crippen LogP contribution in [0.3, 0.4) is 0 Å². The topological polar surface area (TPSA) is 58.5 Å². The number of benzene rings is 2. The number of oxazole rings is 1. The Labute approximate surface area is 137 Å². The predicted molar refractivity (Wildman–Crippen MR) is 87.2 cm³/mol. The first-order chi connectivity index (χ1) is 11.7. The van der Waals surface area contributed by atoms with Crippen LogP contribution in [0.2, 0.25) is 0 Å². The number of hydrogen-bond donors (Lipinski definition) is 1. The first kappa shape index (κ1) is 15.1. The molecule has 1 aliphatic heterocycles. The summed E-state index contributed by atoms with van der Waals surface area (Å²) in [6, 6.07) is 12.3. The minimum Gasteiger partial charge on any atom is -0.408 e. The zero-order chi connectivity index (χ0) is 16.5. The Kier molecular flexibility index (Phi) is 3.92. The van der Waals surface area contributed by atoms with Crippen molar-refractivity contribution in [2.75, 3.05) is 19.7 Å². The molecule has 6 heteroatoms. The summed E-state index contributed by atoms with van der Waals surface area (Å²) in [6.45, 7) is 2.49. The van der Waals surface area contributed by atoms with Crippen LogP contribution in [0.5, 0.6) is 0 Å². The van der Waals surface area contributed by atoms with Gasteiger partial charge >= 0.3 is 5.76 Å². The molecule has 5 nitrogen and oxygen atoms in total. The Morgan fingerprint density at radius 3 is 2.96 bits per heavy atom. The second-order valence-corrected chi connectivity index (χ2v) is 5.92. The molecule has 0 radical (unpaired) electrons. The van der Waals surface area contributed by atoms with Gasteiger partial charge in [-0.25, -0.2) is 9.18 Å². The Morgan fingerprint density at radius 1 is 1.21 bits per heavy atom. The summed E-state index contributed by atoms with van der Waals surface area (Å²) in [5.41, 5.74) is 2.78. The van der Waals surface area contributed by atoms with Crippen LogP contribution in [0.25, 0.3) is 11.1 Å². The highest BCUT2D eigenvalue weighted by molar-refractivity contribution is 5.75. The molecular weight excluding hydrogens is 311 g/mol. The molecule has 1 N–H and O–H groups in total. The van der Waals surface area contributed by atoms with E-state index < -0.39 is 5.76 Å². The van der Waals surface area contributed by atoms with Crippen LogP contribution >= 0.6 is 0 Å². The number of rotatable bonds is 3. The maximum atomic E-state index is 14.0. The van der Waals surface area contributed by atoms with E-state index in [1.165, 1.54) is 6.07 Å². The molecule has 4 rings (SSSR count). The van der Waals surface area contributed by atoms with E-state index in [1.54, 1.807) is 12.1 Å². The molecule has 1 fully saturated rings. The minimum atomic E-state index is -0.455. The van der Waals surface area contributed by atoms with Gasteiger partial charge in [-0.05, 0) is 12.1 Å². The average Bonchev–Trinajstić information content (AvgIpc) is 2.97. The smallest absolute Gasteiger partial charge is 0.408 e. The van der Waals surface area contributed by atoms with Crippen LogP contribution in [0.15, 0.2) is 51.7 Å². The van der Waals surface area contributed by atoms with Crippen molar-refractivity contribution < 1.29 is 13.5 Å². The molecule has 1 atom stereocenters. The summed E-state index contributed by atoms with van der Waals surface area (Å²) in [5, 5.41) is 0. The summed E-state index contributed by atoms with van der Waals surface area (Å²) in [4.78, 5) is 16.3. The third-order valence-corrected chi connectivity index (χ3v) is 4.32. The predicted octanol–water partition coefficient (Wildman–Crippen LogP) is 2.83. The molecule has 2 aromatic carbocycles. The van der Waals surface area contributed by atoms with Gasteiger partial charge < -0.3 is 9.15 Å². The second-order valence-electron chi connectivity index (χ2n) is 5.92. The Morgan fingerprint density at radius 2 is 2.08 bits per heavy atom. The summed E-state index contributed by atoms with van der Waals surface area (Å²) in [6.07, 6.45) is -0.294. The van der Waals surface area contributed by atoms with Crippen molar-refractivity contribution in [3.63, 3.8) is 0 Å². The second kappa shape index (κ2) is 6.22. The number of ether oxygens (including phenoxy) is 1. The number of aromatic amines is 1. The number of para-hydroxylation sites is 1. The molecule has 0 spiro atoms. The molecule has 0 bridgehead atoms. The van der Waals surface area contributed by atoms with E-state index in [2.05, 4.69) is 9.88 Å². The lowest BCUT2D eigenvalue weighted by atomic mass is 10.1. The van der Waals surface area contributed by atoms with Crippen LogP contribution < -0.4 is 5.76 Å². The molecule has 3 aromatic rings. The van der Waals surface area contributed by atoms with E-state index in [1.807, 2.05) is 24.3 Å². The fourth-order valence-electron chi connectivity index (χ4n) is 3.17. The molecule has 1 unspecified atom stereocenters. The lowest BCUT2D eigenvalue weighted by Gasteiger charge is -2.33. The number of nitrogens with zero attached hydrogens (tertiary/aromatic N) is 1. The Balaban J connectivity index is 1.56. The molecule has 0 saturated carbocycles. The summed E-state index contributed by atoms with van der Waals surface area (Å²) >= 11 is 0. The van der Waals surface area contributed by atoms with Crippen LogP contribution in [0.1, 0.15) is 17.2 Å². The maximum absolute atomic E-state index is 14.0. The van der Waals surface area contributed by atoms with Gasteiger partial charge in [0.05, 0.1) is 18.2 Å². The van der Waals surface area contributed by atoms with E-state index in [9.17, 15) is 9.18 Å². The number of hydrogen-bond acceptors (Lipinski definition) is 4. The van der Waals surface area contributed by atoms with Crippen molar-refractivity contribution in [3.8, 4) is 0 Å². The van der Waals surface area contributed by atoms with E-state index in [0.29, 0.717) is 36.4 Å². The molecule has 0 amide bonds. The number of nitrogens with one attached hydrogen (secondary N) is 1. The van der Waals surface area contributed by atoms with Crippen LogP contribution in [0, 0.1) is 5.82 Å². The molecule has 24 heavy (non-hydrogen) atoms. The fourth-order valence-corrected chi connectivity index (χ4v) is 3.17. The van der Waals surface area contributed by atoms with Crippen LogP contribution in [-0.2, 0) is 11.3 Å². The largest absolute Gasteiger partial charge is 0.417 e. The molecule has 1 aliphatic rings. The van der Waals surface area contributed by atoms with Crippen LogP contribution in [-0.4, -0.2) is 29.6 Å². The first-order valence-corrected chi connectivity index (χ1v) is 7.90. The normalized spacial score (nSPS) is 19.0. The van der Waals surface area contributed by atoms with Crippen molar-refractivity contribution in [1.29, 1.82) is 0 Å². The lowest BCUT2D eigenvalue weighted by molar-refractivity contribution is -0.0344. The summed E-state index contributed by atoms with van der Waals surface area (Å²) in [5.74, 6) is -0.702. The fraction of sp³-hybridized carbons (Fsp3) is 0.278.